The van der Waals surface area contributed by atoms with Gasteiger partial charge < -0.3 is 10.6 Å². The summed E-state index contributed by atoms with van der Waals surface area (Å²) >= 11 is 1.45. The summed E-state index contributed by atoms with van der Waals surface area (Å²) in [6.07, 6.45) is 2.81. The van der Waals surface area contributed by atoms with Crippen molar-refractivity contribution in [1.29, 1.82) is 5.26 Å². The number of rotatable bonds is 4. The van der Waals surface area contributed by atoms with E-state index in [-0.39, 0.29) is 11.6 Å². The fraction of sp³-hybridized carbons (Fsp3) is 0.381. The molecule has 0 aliphatic carbocycles. The normalized spacial score (nSPS) is 17.0. The molecular weight excluding hydrogens is 370 g/mol. The predicted molar refractivity (Wildman–Crippen MR) is 113 cm³/mol. The number of nitrogens with two attached hydrogens (primary N) is 1. The van der Waals surface area contributed by atoms with Crippen LogP contribution in [0, 0.1) is 11.3 Å². The van der Waals surface area contributed by atoms with Crippen molar-refractivity contribution in [2.24, 2.45) is 5.73 Å². The van der Waals surface area contributed by atoms with E-state index in [9.17, 15) is 10.1 Å². The molecule has 1 atom stereocenters. The van der Waals surface area contributed by atoms with Crippen LogP contribution < -0.4 is 16.2 Å². The Morgan fingerprint density at radius 1 is 1.36 bits per heavy atom. The molecule has 1 aliphatic heterocycles. The molecule has 144 valence electrons. The fourth-order valence-corrected chi connectivity index (χ4v) is 4.84. The lowest BCUT2D eigenvalue weighted by atomic mass is 10.1. The Bertz CT molecular complexity index is 1110. The molecule has 28 heavy (non-hydrogen) atoms. The third kappa shape index (κ3) is 3.30. The van der Waals surface area contributed by atoms with Crippen molar-refractivity contribution in [1.82, 2.24) is 9.55 Å². The highest BCUT2D eigenvalue weighted by Crippen LogP contribution is 2.26. The van der Waals surface area contributed by atoms with Gasteiger partial charge in [-0.2, -0.15) is 5.26 Å². The maximum absolute atomic E-state index is 13.4. The van der Waals surface area contributed by atoms with Gasteiger partial charge in [-0.3, -0.25) is 9.36 Å². The lowest BCUT2D eigenvalue weighted by molar-refractivity contribution is 0.492. The number of nitrogens with zero attached hydrogens (tertiary/aromatic N) is 4. The Morgan fingerprint density at radius 2 is 2.18 bits per heavy atom. The molecule has 1 fully saturated rings. The molecule has 0 amide bonds. The largest absolute Gasteiger partial charge is 0.341 e. The number of hydrogen-bond acceptors (Lipinski definition) is 6. The summed E-state index contributed by atoms with van der Waals surface area (Å²) < 4.78 is 2.39. The van der Waals surface area contributed by atoms with Gasteiger partial charge in [0.1, 0.15) is 4.70 Å². The summed E-state index contributed by atoms with van der Waals surface area (Å²) in [5, 5.41) is 11.5. The zero-order valence-electron chi connectivity index (χ0n) is 15.9. The number of benzene rings is 1. The number of nitriles is 1. The molecule has 2 N–H and O–H groups in total. The first kappa shape index (κ1) is 18.7. The molecule has 2 aromatic heterocycles. The molecule has 1 aromatic carbocycles. The van der Waals surface area contributed by atoms with Gasteiger partial charge >= 0.3 is 0 Å². The molecule has 0 bridgehead atoms. The summed E-state index contributed by atoms with van der Waals surface area (Å²) in [7, 11) is 0. The highest BCUT2D eigenvalue weighted by molar-refractivity contribution is 7.17. The Kier molecular flexibility index (Phi) is 5.16. The van der Waals surface area contributed by atoms with Gasteiger partial charge in [-0.05, 0) is 41.8 Å². The van der Waals surface area contributed by atoms with Crippen LogP contribution in [-0.2, 0) is 13.0 Å². The molecule has 1 saturated heterocycles. The fourth-order valence-electron chi connectivity index (χ4n) is 3.80. The number of anilines is 1. The summed E-state index contributed by atoms with van der Waals surface area (Å²) in [6, 6.07) is 9.71. The van der Waals surface area contributed by atoms with Gasteiger partial charge in [0.2, 0.25) is 5.95 Å². The van der Waals surface area contributed by atoms with Crippen molar-refractivity contribution in [3.63, 3.8) is 0 Å². The predicted octanol–water partition coefficient (Wildman–Crippen LogP) is 2.87. The Hall–Kier alpha value is -2.69. The molecule has 0 unspecified atom stereocenters. The van der Waals surface area contributed by atoms with Crippen molar-refractivity contribution in [2.75, 3.05) is 18.0 Å². The van der Waals surface area contributed by atoms with Crippen molar-refractivity contribution in [3.8, 4) is 6.07 Å². The minimum atomic E-state index is -0.0448. The average molecular weight is 394 g/mol. The van der Waals surface area contributed by atoms with Crippen LogP contribution in [0.2, 0.25) is 0 Å². The van der Waals surface area contributed by atoms with E-state index < -0.39 is 0 Å². The van der Waals surface area contributed by atoms with E-state index in [0.29, 0.717) is 29.3 Å². The van der Waals surface area contributed by atoms with E-state index in [1.165, 1.54) is 11.3 Å². The van der Waals surface area contributed by atoms with Gasteiger partial charge in [0.05, 0.1) is 23.7 Å². The zero-order chi connectivity index (χ0) is 19.7. The van der Waals surface area contributed by atoms with Gasteiger partial charge in [-0.25, -0.2) is 4.98 Å². The second kappa shape index (κ2) is 7.74. The summed E-state index contributed by atoms with van der Waals surface area (Å²) in [4.78, 5) is 20.5. The molecule has 6 nitrogen and oxygen atoms in total. The van der Waals surface area contributed by atoms with Crippen molar-refractivity contribution >= 4 is 27.5 Å². The van der Waals surface area contributed by atoms with Crippen LogP contribution in [0.3, 0.4) is 0 Å². The molecule has 1 aliphatic rings. The number of fused-ring (bicyclic) bond motifs is 1. The van der Waals surface area contributed by atoms with Gasteiger partial charge in [0.25, 0.3) is 5.56 Å². The quantitative estimate of drug-likeness (QED) is 0.736. The van der Waals surface area contributed by atoms with Crippen LogP contribution in [0.25, 0.3) is 10.2 Å². The molecular formula is C21H23N5OS. The number of piperidine rings is 1. The zero-order valence-corrected chi connectivity index (χ0v) is 16.7. The molecule has 4 rings (SSSR count). The SMILES string of the molecule is CCc1csc2c(=O)n(Cc3ccccc3C#N)c(N3CCC[C@@H](N)C3)nc12. The summed E-state index contributed by atoms with van der Waals surface area (Å²) in [5.74, 6) is 0.661. The number of aryl methyl sites for hydroxylation is 1. The van der Waals surface area contributed by atoms with E-state index in [1.54, 1.807) is 10.6 Å². The van der Waals surface area contributed by atoms with Gasteiger partial charge in [0, 0.05) is 19.1 Å². The molecule has 3 aromatic rings. The maximum Gasteiger partial charge on any atom is 0.273 e. The lowest BCUT2D eigenvalue weighted by Gasteiger charge is -2.33. The first-order chi connectivity index (χ1) is 13.6. The van der Waals surface area contributed by atoms with Crippen LogP contribution in [0.1, 0.15) is 36.5 Å². The smallest absolute Gasteiger partial charge is 0.273 e. The van der Waals surface area contributed by atoms with Crippen molar-refractivity contribution < 1.29 is 0 Å². The minimum absolute atomic E-state index is 0.0448. The first-order valence-electron chi connectivity index (χ1n) is 9.61. The minimum Gasteiger partial charge on any atom is -0.341 e. The lowest BCUT2D eigenvalue weighted by Crippen LogP contribution is -2.45. The van der Waals surface area contributed by atoms with Crippen LogP contribution >= 0.6 is 11.3 Å². The second-order valence-electron chi connectivity index (χ2n) is 7.21. The van der Waals surface area contributed by atoms with E-state index in [4.69, 9.17) is 10.7 Å². The van der Waals surface area contributed by atoms with Gasteiger partial charge in [-0.1, -0.05) is 25.1 Å². The topological polar surface area (TPSA) is 87.9 Å². The third-order valence-electron chi connectivity index (χ3n) is 5.32. The molecule has 0 radical (unpaired) electrons. The van der Waals surface area contributed by atoms with Crippen LogP contribution in [0.5, 0.6) is 0 Å². The molecule has 0 spiro atoms. The van der Waals surface area contributed by atoms with Crippen LogP contribution in [0.4, 0.5) is 5.95 Å². The molecule has 3 heterocycles. The molecule has 0 saturated carbocycles. The maximum atomic E-state index is 13.4. The van der Waals surface area contributed by atoms with E-state index in [0.717, 1.165) is 42.5 Å². The van der Waals surface area contributed by atoms with Gasteiger partial charge in [0.15, 0.2) is 0 Å². The number of thiophene rings is 1. The average Bonchev–Trinajstić information content (AvgIpc) is 3.13. The monoisotopic (exact) mass is 393 g/mol. The van der Waals surface area contributed by atoms with Crippen LogP contribution in [-0.4, -0.2) is 28.7 Å². The second-order valence-corrected chi connectivity index (χ2v) is 8.09. The third-order valence-corrected chi connectivity index (χ3v) is 6.32. The standard InChI is InChI=1S/C21H23N5OS/c1-2-14-13-28-19-18(14)24-21(25-9-5-8-17(23)12-25)26(20(19)27)11-16-7-4-3-6-15(16)10-22/h3-4,6-7,13,17H,2,5,8-9,11-12,23H2,1H3/t17-/m1/s1. The van der Waals surface area contributed by atoms with Crippen LogP contribution in [0.15, 0.2) is 34.4 Å². The van der Waals surface area contributed by atoms with Crippen molar-refractivity contribution in [3.05, 3.63) is 56.7 Å². The Labute approximate surface area is 167 Å². The van der Waals surface area contributed by atoms with E-state index in [1.807, 2.05) is 23.6 Å². The first-order valence-corrected chi connectivity index (χ1v) is 10.5. The number of aromatic nitrogens is 2. The Morgan fingerprint density at radius 3 is 2.93 bits per heavy atom. The Balaban J connectivity index is 1.90. The highest BCUT2D eigenvalue weighted by Gasteiger charge is 2.24. The van der Waals surface area contributed by atoms with Crippen molar-refractivity contribution in [2.45, 2.75) is 38.8 Å². The van der Waals surface area contributed by atoms with E-state index >= 15 is 0 Å². The van der Waals surface area contributed by atoms with Gasteiger partial charge in [-0.15, -0.1) is 11.3 Å². The van der Waals surface area contributed by atoms with E-state index in [2.05, 4.69) is 17.9 Å². The highest BCUT2D eigenvalue weighted by atomic mass is 32.1. The molecule has 7 heteroatoms. The number of hydrogen-bond donors (Lipinski definition) is 1. The summed E-state index contributed by atoms with van der Waals surface area (Å²) in [6.45, 7) is 3.92. The summed E-state index contributed by atoms with van der Waals surface area (Å²) in [5.41, 5.74) is 9.46.